The van der Waals surface area contributed by atoms with Gasteiger partial charge in [-0.2, -0.15) is 5.26 Å². The van der Waals surface area contributed by atoms with Gasteiger partial charge in [0.15, 0.2) is 5.69 Å². The number of hydrogen-bond acceptors (Lipinski definition) is 4. The van der Waals surface area contributed by atoms with Gasteiger partial charge in [-0.1, -0.05) is 6.07 Å². The highest BCUT2D eigenvalue weighted by Crippen LogP contribution is 2.25. The number of fused-ring (bicyclic) bond motifs is 1. The Morgan fingerprint density at radius 2 is 2.11 bits per heavy atom. The smallest absolute Gasteiger partial charge is 0.163 e. The van der Waals surface area contributed by atoms with E-state index in [2.05, 4.69) is 22.4 Å². The van der Waals surface area contributed by atoms with E-state index in [1.54, 1.807) is 12.3 Å². The third kappa shape index (κ3) is 1.92. The lowest BCUT2D eigenvalue weighted by Gasteiger charge is -2.08. The Balaban J connectivity index is 1.91. The van der Waals surface area contributed by atoms with Crippen molar-refractivity contribution in [3.05, 3.63) is 53.3 Å². The molecule has 0 aliphatic carbocycles. The van der Waals surface area contributed by atoms with Crippen molar-refractivity contribution in [1.82, 2.24) is 4.98 Å². The first-order valence-electron chi connectivity index (χ1n) is 5.68. The highest BCUT2D eigenvalue weighted by Gasteiger charge is 2.11. The van der Waals surface area contributed by atoms with E-state index in [-0.39, 0.29) is 0 Å². The van der Waals surface area contributed by atoms with Gasteiger partial charge in [-0.3, -0.25) is 0 Å². The predicted octanol–water partition coefficient (Wildman–Crippen LogP) is 2.73. The number of pyridine rings is 1. The Morgan fingerprint density at radius 1 is 1.22 bits per heavy atom. The van der Waals surface area contributed by atoms with Crippen LogP contribution < -0.4 is 5.32 Å². The fourth-order valence-corrected chi connectivity index (χ4v) is 2.00. The first kappa shape index (κ1) is 10.8. The first-order chi connectivity index (χ1) is 8.86. The summed E-state index contributed by atoms with van der Waals surface area (Å²) in [6.45, 7) is 1.34. The second kappa shape index (κ2) is 4.47. The van der Waals surface area contributed by atoms with Crippen LogP contribution in [-0.4, -0.2) is 4.98 Å². The molecule has 0 amide bonds. The minimum atomic E-state index is 0.397. The highest BCUT2D eigenvalue weighted by molar-refractivity contribution is 5.65. The number of nitrogens with one attached hydrogen (secondary N) is 1. The van der Waals surface area contributed by atoms with Crippen LogP contribution >= 0.6 is 0 Å². The summed E-state index contributed by atoms with van der Waals surface area (Å²) < 4.78 is 5.37. The van der Waals surface area contributed by atoms with Gasteiger partial charge in [0.25, 0.3) is 0 Å². The fourth-order valence-electron chi connectivity index (χ4n) is 2.00. The summed E-state index contributed by atoms with van der Waals surface area (Å²) in [5.74, 6) is 0. The Labute approximate surface area is 105 Å². The van der Waals surface area contributed by atoms with Crippen LogP contribution in [0.5, 0.6) is 0 Å². The quantitative estimate of drug-likeness (QED) is 0.872. The third-order valence-corrected chi connectivity index (χ3v) is 2.91. The number of hydrogen-bond donors (Lipinski definition) is 1. The molecule has 4 nitrogen and oxygen atoms in total. The average Bonchev–Trinajstić information content (AvgIpc) is 2.87. The molecule has 3 rings (SSSR count). The third-order valence-electron chi connectivity index (χ3n) is 2.91. The van der Waals surface area contributed by atoms with E-state index >= 15 is 0 Å². The molecule has 0 atom stereocenters. The van der Waals surface area contributed by atoms with Crippen LogP contribution in [0, 0.1) is 11.3 Å². The van der Waals surface area contributed by atoms with Crippen molar-refractivity contribution in [3.8, 4) is 6.07 Å². The van der Waals surface area contributed by atoms with E-state index in [0.29, 0.717) is 18.9 Å². The molecule has 1 aliphatic rings. The zero-order chi connectivity index (χ0) is 12.4. The molecule has 88 valence electrons. The van der Waals surface area contributed by atoms with Crippen LogP contribution in [0.1, 0.15) is 16.8 Å². The Morgan fingerprint density at radius 3 is 3.00 bits per heavy atom. The van der Waals surface area contributed by atoms with Crippen molar-refractivity contribution in [2.75, 3.05) is 5.32 Å². The van der Waals surface area contributed by atoms with E-state index in [4.69, 9.17) is 10.00 Å². The molecular formula is C14H11N3O. The zero-order valence-electron chi connectivity index (χ0n) is 9.68. The van der Waals surface area contributed by atoms with Crippen LogP contribution in [-0.2, 0) is 18.0 Å². The van der Waals surface area contributed by atoms with Crippen LogP contribution in [0.25, 0.3) is 0 Å². The van der Waals surface area contributed by atoms with E-state index in [9.17, 15) is 0 Å². The van der Waals surface area contributed by atoms with E-state index in [1.165, 1.54) is 11.1 Å². The number of nitrogens with zero attached hydrogens (tertiary/aromatic N) is 2. The number of anilines is 2. The van der Waals surface area contributed by atoms with E-state index in [1.807, 2.05) is 18.2 Å². The monoisotopic (exact) mass is 237 g/mol. The summed E-state index contributed by atoms with van der Waals surface area (Å²) in [5, 5.41) is 12.2. The number of aromatic nitrogens is 1. The fraction of sp³-hybridized carbons (Fsp3) is 0.143. The molecule has 0 radical (unpaired) electrons. The van der Waals surface area contributed by atoms with Crippen molar-refractivity contribution in [2.45, 2.75) is 13.2 Å². The van der Waals surface area contributed by atoms with Crippen LogP contribution in [0.2, 0.25) is 0 Å². The van der Waals surface area contributed by atoms with E-state index < -0.39 is 0 Å². The van der Waals surface area contributed by atoms with Crippen molar-refractivity contribution >= 4 is 11.4 Å². The molecule has 0 bridgehead atoms. The SMILES string of the molecule is N#Cc1ncccc1Nc1ccc2c(c1)COC2. The van der Waals surface area contributed by atoms with Gasteiger partial charge in [-0.05, 0) is 35.4 Å². The predicted molar refractivity (Wildman–Crippen MR) is 67.2 cm³/mol. The molecule has 1 aromatic heterocycles. The van der Waals surface area contributed by atoms with Crippen LogP contribution in [0.15, 0.2) is 36.5 Å². The van der Waals surface area contributed by atoms with Gasteiger partial charge in [-0.15, -0.1) is 0 Å². The molecular weight excluding hydrogens is 226 g/mol. The maximum absolute atomic E-state index is 8.98. The lowest BCUT2D eigenvalue weighted by atomic mass is 10.1. The summed E-state index contributed by atoms with van der Waals surface area (Å²) in [6.07, 6.45) is 1.61. The van der Waals surface area contributed by atoms with Crippen molar-refractivity contribution < 1.29 is 4.74 Å². The lowest BCUT2D eigenvalue weighted by molar-refractivity contribution is 0.134. The van der Waals surface area contributed by atoms with Gasteiger partial charge < -0.3 is 10.1 Å². The highest BCUT2D eigenvalue weighted by atomic mass is 16.5. The minimum Gasteiger partial charge on any atom is -0.372 e. The number of rotatable bonds is 2. The van der Waals surface area contributed by atoms with Gasteiger partial charge in [0, 0.05) is 11.9 Å². The molecule has 0 saturated heterocycles. The summed E-state index contributed by atoms with van der Waals surface area (Å²) in [4.78, 5) is 4.02. The van der Waals surface area contributed by atoms with E-state index in [0.717, 1.165) is 11.4 Å². The molecule has 0 spiro atoms. The molecule has 1 aliphatic heterocycles. The van der Waals surface area contributed by atoms with Gasteiger partial charge in [-0.25, -0.2) is 4.98 Å². The number of benzene rings is 1. The second-order valence-corrected chi connectivity index (χ2v) is 4.11. The second-order valence-electron chi connectivity index (χ2n) is 4.11. The standard InChI is InChI=1S/C14H11N3O/c15-7-14-13(2-1-5-16-14)17-12-4-3-10-8-18-9-11(10)6-12/h1-6,17H,8-9H2. The average molecular weight is 237 g/mol. The van der Waals surface area contributed by atoms with Crippen LogP contribution in [0.4, 0.5) is 11.4 Å². The van der Waals surface area contributed by atoms with Gasteiger partial charge in [0.05, 0.1) is 18.9 Å². The molecule has 2 heterocycles. The Hall–Kier alpha value is -2.38. The molecule has 18 heavy (non-hydrogen) atoms. The topological polar surface area (TPSA) is 57.9 Å². The van der Waals surface area contributed by atoms with Crippen molar-refractivity contribution in [1.29, 1.82) is 5.26 Å². The summed E-state index contributed by atoms with van der Waals surface area (Å²) >= 11 is 0. The Bertz CT molecular complexity index is 631. The molecule has 0 fully saturated rings. The van der Waals surface area contributed by atoms with Crippen molar-refractivity contribution in [3.63, 3.8) is 0 Å². The summed E-state index contributed by atoms with van der Waals surface area (Å²) in [6, 6.07) is 11.8. The first-order valence-corrected chi connectivity index (χ1v) is 5.68. The molecule has 2 aromatic rings. The Kier molecular flexibility index (Phi) is 2.67. The molecule has 1 aromatic carbocycles. The van der Waals surface area contributed by atoms with Crippen LogP contribution in [0.3, 0.4) is 0 Å². The van der Waals surface area contributed by atoms with Gasteiger partial charge >= 0.3 is 0 Å². The molecule has 0 saturated carbocycles. The molecule has 0 unspecified atom stereocenters. The van der Waals surface area contributed by atoms with Gasteiger partial charge in [0.2, 0.25) is 0 Å². The molecule has 4 heteroatoms. The number of nitriles is 1. The summed E-state index contributed by atoms with van der Waals surface area (Å²) in [5.41, 5.74) is 4.49. The summed E-state index contributed by atoms with van der Waals surface area (Å²) in [7, 11) is 0. The van der Waals surface area contributed by atoms with Gasteiger partial charge in [0.1, 0.15) is 6.07 Å². The lowest BCUT2D eigenvalue weighted by Crippen LogP contribution is -1.96. The minimum absolute atomic E-state index is 0.397. The zero-order valence-corrected chi connectivity index (χ0v) is 9.68. The number of ether oxygens (including phenoxy) is 1. The molecule has 1 N–H and O–H groups in total. The maximum Gasteiger partial charge on any atom is 0.163 e. The van der Waals surface area contributed by atoms with Crippen molar-refractivity contribution in [2.24, 2.45) is 0 Å². The normalized spacial score (nSPS) is 12.8. The maximum atomic E-state index is 8.98. The largest absolute Gasteiger partial charge is 0.372 e.